The van der Waals surface area contributed by atoms with Crippen LogP contribution in [0.2, 0.25) is 0 Å². The van der Waals surface area contributed by atoms with Crippen LogP contribution in [0.3, 0.4) is 0 Å². The van der Waals surface area contributed by atoms with Gasteiger partial charge in [0.15, 0.2) is 34.7 Å². The van der Waals surface area contributed by atoms with Crippen LogP contribution in [0.15, 0.2) is 97.3 Å². The standard InChI is InChI=1S/C72H92N18O4/c73-64(91)62-67(82-65(60(80-62)58-5-1-3-27-74-58)78-51-43-70(44-51)23-39-93-40-24-70)76-49-7-11-54(12-8-49)86-31-19-57(20-32-86)89-47-72(48-89)21-33-90(34-22-72)84-69(92)63-68(83-66(61(81-63)59-6-2-4-28-75-59)79-52-45-71(46-52)25-41-94-42-26-71)77-50-9-13-53(14-10-50)85-29-17-56(18-30-85)88-37-35-87(36-38-88)55-15-16-55/h1-14,27-28,51-52,55-57H,15-26,29-48H2,(H2,73,91)(H,84,92)(H2,76,78,82)(H2,77,79,83). The number of aromatic nitrogens is 6. The minimum Gasteiger partial charge on any atom is -0.381 e. The molecule has 10 fully saturated rings. The van der Waals surface area contributed by atoms with E-state index in [1.165, 1.54) is 57.5 Å². The Hall–Kier alpha value is -7.60. The first-order valence-corrected chi connectivity index (χ1v) is 35.2. The van der Waals surface area contributed by atoms with Gasteiger partial charge in [-0.2, -0.15) is 0 Å². The largest absolute Gasteiger partial charge is 0.381 e. The highest BCUT2D eigenvalue weighted by atomic mass is 16.5. The van der Waals surface area contributed by atoms with Crippen molar-refractivity contribution in [2.45, 2.75) is 133 Å². The Bertz CT molecular complexity index is 3610. The van der Waals surface area contributed by atoms with Crippen LogP contribution < -0.4 is 42.2 Å². The fourth-order valence-electron chi connectivity index (χ4n) is 17.3. The molecule has 0 unspecified atom stereocenters. The van der Waals surface area contributed by atoms with E-state index in [-0.39, 0.29) is 34.8 Å². The fraction of sp³-hybridized carbons (Fsp3) is 0.556. The van der Waals surface area contributed by atoms with Crippen LogP contribution in [0.25, 0.3) is 22.8 Å². The molecule has 11 heterocycles. The third kappa shape index (κ3) is 13.1. The number of nitrogens with two attached hydrogens (primary N) is 1. The van der Waals surface area contributed by atoms with Crippen LogP contribution in [-0.4, -0.2) is 197 Å². The lowest BCUT2D eigenvalue weighted by Crippen LogP contribution is -2.65. The zero-order valence-electron chi connectivity index (χ0n) is 54.3. The van der Waals surface area contributed by atoms with Gasteiger partial charge in [0.1, 0.15) is 11.4 Å². The molecule has 0 bridgehead atoms. The van der Waals surface area contributed by atoms with E-state index in [0.29, 0.717) is 69.0 Å². The van der Waals surface area contributed by atoms with Crippen molar-refractivity contribution in [3.63, 3.8) is 0 Å². The number of primary amides is 1. The Balaban J connectivity index is 0.541. The van der Waals surface area contributed by atoms with Gasteiger partial charge in [0.05, 0.1) is 11.4 Å². The lowest BCUT2D eigenvalue weighted by Gasteiger charge is -2.57. The molecule has 2 aromatic carbocycles. The number of carbonyl (C=O) groups is 2. The molecule has 0 atom stereocenters. The second-order valence-electron chi connectivity index (χ2n) is 29.2. The Kier molecular flexibility index (Phi) is 17.1. The number of rotatable bonds is 18. The van der Waals surface area contributed by atoms with Gasteiger partial charge in [0, 0.05) is 170 Å². The van der Waals surface area contributed by atoms with Crippen LogP contribution >= 0.6 is 0 Å². The predicted octanol–water partition coefficient (Wildman–Crippen LogP) is 9.18. The van der Waals surface area contributed by atoms with E-state index >= 15 is 0 Å². The number of ether oxygens (including phenoxy) is 2. The van der Waals surface area contributed by atoms with E-state index in [1.54, 1.807) is 12.4 Å². The van der Waals surface area contributed by atoms with Crippen molar-refractivity contribution in [1.82, 2.24) is 55.0 Å². The van der Waals surface area contributed by atoms with Gasteiger partial charge in [-0.1, -0.05) is 12.1 Å². The maximum atomic E-state index is 14.9. The molecule has 16 rings (SSSR count). The first kappa shape index (κ1) is 61.3. The van der Waals surface area contributed by atoms with Gasteiger partial charge >= 0.3 is 0 Å². The summed E-state index contributed by atoms with van der Waals surface area (Å²) in [4.78, 5) is 70.6. The third-order valence-electron chi connectivity index (χ3n) is 23.1. The van der Waals surface area contributed by atoms with E-state index in [1.807, 2.05) is 48.5 Å². The molecule has 6 aromatic rings. The summed E-state index contributed by atoms with van der Waals surface area (Å²) < 4.78 is 11.4. The molecular weight excluding hydrogens is 1180 g/mol. The average Bonchev–Trinajstić information content (AvgIpc) is 1.01. The average molecular weight is 1270 g/mol. The van der Waals surface area contributed by atoms with Crippen LogP contribution in [0, 0.1) is 16.2 Å². The maximum absolute atomic E-state index is 14.9. The summed E-state index contributed by atoms with van der Waals surface area (Å²) in [6.45, 7) is 15.8. The molecule has 4 aromatic heterocycles. The molecule has 3 saturated carbocycles. The minimum atomic E-state index is -0.663. The molecule has 7 saturated heterocycles. The van der Waals surface area contributed by atoms with Gasteiger partial charge in [-0.05, 0) is 192 Å². The molecule has 22 heteroatoms. The summed E-state index contributed by atoms with van der Waals surface area (Å²) in [5.74, 6) is 0.998. The van der Waals surface area contributed by atoms with Crippen molar-refractivity contribution in [2.24, 2.45) is 22.0 Å². The van der Waals surface area contributed by atoms with E-state index in [0.717, 1.165) is 179 Å². The van der Waals surface area contributed by atoms with E-state index < -0.39 is 5.91 Å². The zero-order chi connectivity index (χ0) is 63.2. The van der Waals surface area contributed by atoms with Crippen LogP contribution in [0.1, 0.15) is 124 Å². The number of piperazine rings is 1. The van der Waals surface area contributed by atoms with Crippen molar-refractivity contribution in [3.05, 3.63) is 109 Å². The van der Waals surface area contributed by atoms with E-state index in [4.69, 9.17) is 40.1 Å². The second-order valence-corrected chi connectivity index (χ2v) is 29.2. The van der Waals surface area contributed by atoms with Crippen molar-refractivity contribution >= 4 is 57.8 Å². The number of carbonyl (C=O) groups excluding carboxylic acids is 2. The van der Waals surface area contributed by atoms with Crippen LogP contribution in [-0.2, 0) is 9.47 Å². The first-order valence-electron chi connectivity index (χ1n) is 35.2. The minimum absolute atomic E-state index is 0.0636. The summed E-state index contributed by atoms with van der Waals surface area (Å²) in [6, 6.07) is 31.0. The number of pyridine rings is 2. The van der Waals surface area contributed by atoms with Crippen molar-refractivity contribution in [3.8, 4) is 22.8 Å². The number of hydrogen-bond acceptors (Lipinski definition) is 20. The quantitative estimate of drug-likeness (QED) is 0.0470. The number of nitrogens with one attached hydrogen (secondary N) is 5. The Morgan fingerprint density at radius 1 is 0.457 bits per heavy atom. The second kappa shape index (κ2) is 26.2. The summed E-state index contributed by atoms with van der Waals surface area (Å²) in [5.41, 5.74) is 16.9. The zero-order valence-corrected chi connectivity index (χ0v) is 54.3. The van der Waals surface area contributed by atoms with Gasteiger partial charge < -0.3 is 46.3 Å². The van der Waals surface area contributed by atoms with Gasteiger partial charge in [-0.15, -0.1) is 0 Å². The third-order valence-corrected chi connectivity index (χ3v) is 23.1. The number of nitrogens with zero attached hydrogens (tertiary/aromatic N) is 12. The Morgan fingerprint density at radius 3 is 1.33 bits per heavy atom. The predicted molar refractivity (Wildman–Crippen MR) is 366 cm³/mol. The smallest absolute Gasteiger partial charge is 0.288 e. The number of likely N-dealkylation sites (tertiary alicyclic amines) is 1. The normalized spacial score (nSPS) is 23.7. The molecular formula is C72H92N18O4. The van der Waals surface area contributed by atoms with Crippen molar-refractivity contribution in [1.29, 1.82) is 0 Å². The van der Waals surface area contributed by atoms with Gasteiger partial charge in [0.25, 0.3) is 11.8 Å². The maximum Gasteiger partial charge on any atom is 0.288 e. The summed E-state index contributed by atoms with van der Waals surface area (Å²) in [5, 5.41) is 16.5. The molecule has 3 aliphatic carbocycles. The van der Waals surface area contributed by atoms with Gasteiger partial charge in [0.2, 0.25) is 0 Å². The topological polar surface area (TPSA) is 236 Å². The van der Waals surface area contributed by atoms with E-state index in [2.05, 4.69) is 97.6 Å². The number of piperidine rings is 3. The molecule has 94 heavy (non-hydrogen) atoms. The Morgan fingerprint density at radius 2 is 0.894 bits per heavy atom. The van der Waals surface area contributed by atoms with Gasteiger partial charge in [-0.3, -0.25) is 39.7 Å². The highest BCUT2D eigenvalue weighted by molar-refractivity contribution is 5.99. The lowest BCUT2D eigenvalue weighted by molar-refractivity contribution is -0.0785. The molecule has 10 aliphatic rings. The molecule has 494 valence electrons. The SMILES string of the molecule is NC(=O)c1nc(-c2ccccn2)c(NC2CC3(CCOCC3)C2)nc1Nc1ccc(N2CCC(N3CC4(CCN(NC(=O)c5nc(-c6ccccn6)c(NC6CC7(CCOCC7)C6)nc5Nc5ccc(N6CCC(N7CCN(C8CC8)CC7)CC6)cc5)CC4)C3)CC2)cc1. The number of hydrogen-bond donors (Lipinski definition) is 6. The number of hydrazine groups is 1. The van der Waals surface area contributed by atoms with Crippen molar-refractivity contribution < 1.29 is 19.1 Å². The summed E-state index contributed by atoms with van der Waals surface area (Å²) in [7, 11) is 0. The van der Waals surface area contributed by atoms with Crippen LogP contribution in [0.5, 0.6) is 0 Å². The molecule has 7 aliphatic heterocycles. The molecule has 2 amide bonds. The molecule has 7 N–H and O–H groups in total. The lowest BCUT2D eigenvalue weighted by atomic mass is 9.61. The molecule has 0 radical (unpaired) electrons. The first-order chi connectivity index (χ1) is 46.0. The van der Waals surface area contributed by atoms with Gasteiger partial charge in [-0.25, -0.2) is 24.9 Å². The summed E-state index contributed by atoms with van der Waals surface area (Å²) >= 11 is 0. The van der Waals surface area contributed by atoms with E-state index in [9.17, 15) is 9.59 Å². The highest BCUT2D eigenvalue weighted by Crippen LogP contribution is 2.52. The van der Waals surface area contributed by atoms with Crippen molar-refractivity contribution in [2.75, 3.05) is 136 Å². The number of anilines is 8. The molecule has 22 nitrogen and oxygen atoms in total. The number of amides is 2. The Labute approximate surface area is 551 Å². The molecule has 3 spiro atoms. The summed E-state index contributed by atoms with van der Waals surface area (Å²) in [6.07, 6.45) is 21.3. The fourth-order valence-corrected chi connectivity index (χ4v) is 17.3. The number of benzene rings is 2. The highest BCUT2D eigenvalue weighted by Gasteiger charge is 2.49. The monoisotopic (exact) mass is 1270 g/mol. The van der Waals surface area contributed by atoms with Crippen LogP contribution in [0.4, 0.5) is 46.0 Å².